The average Bonchev–Trinajstić information content (AvgIpc) is 3.22. The number of benzene rings is 3. The van der Waals surface area contributed by atoms with E-state index in [1.807, 2.05) is 49.4 Å². The van der Waals surface area contributed by atoms with E-state index in [2.05, 4.69) is 23.1 Å². The number of hydrogen-bond acceptors (Lipinski definition) is 3. The average molecular weight is 446 g/mol. The molecule has 4 rings (SSSR count). The van der Waals surface area contributed by atoms with Crippen LogP contribution in [0.1, 0.15) is 36.5 Å². The quantitative estimate of drug-likeness (QED) is 0.302. The minimum atomic E-state index is -0.792. The van der Waals surface area contributed by atoms with Gasteiger partial charge in [0.05, 0.1) is 5.56 Å². The van der Waals surface area contributed by atoms with Gasteiger partial charge in [-0.3, -0.25) is 9.69 Å². The number of hydrogen-bond donors (Lipinski definition) is 1. The number of halogens is 1. The van der Waals surface area contributed by atoms with E-state index in [1.54, 1.807) is 12.1 Å². The fraction of sp³-hybridized carbons (Fsp3) is 0.250. The lowest BCUT2D eigenvalue weighted by Gasteiger charge is -2.20. The first-order valence-electron chi connectivity index (χ1n) is 11.3. The summed E-state index contributed by atoms with van der Waals surface area (Å²) in [7, 11) is 0. The van der Waals surface area contributed by atoms with Crippen molar-refractivity contribution in [2.75, 3.05) is 13.1 Å². The largest absolute Gasteiger partial charge is 0.481 e. The molecule has 1 aromatic heterocycles. The summed E-state index contributed by atoms with van der Waals surface area (Å²) in [4.78, 5) is 12.9. The maximum absolute atomic E-state index is 15.0. The molecule has 0 fully saturated rings. The van der Waals surface area contributed by atoms with Crippen molar-refractivity contribution in [3.05, 3.63) is 95.3 Å². The van der Waals surface area contributed by atoms with Crippen LogP contribution in [-0.2, 0) is 17.8 Å². The molecule has 0 aliphatic rings. The second kappa shape index (κ2) is 10.5. The Hall–Kier alpha value is -3.44. The molecule has 3 aromatic carbocycles. The molecule has 0 amide bonds. The third-order valence-electron chi connectivity index (χ3n) is 5.85. The van der Waals surface area contributed by atoms with Crippen LogP contribution >= 0.6 is 0 Å². The molecule has 0 saturated heterocycles. The highest BCUT2D eigenvalue weighted by atomic mass is 19.1. The Balaban J connectivity index is 1.49. The van der Waals surface area contributed by atoms with Gasteiger partial charge in [0.1, 0.15) is 17.2 Å². The number of rotatable bonds is 10. The Morgan fingerprint density at radius 3 is 2.48 bits per heavy atom. The van der Waals surface area contributed by atoms with Crippen molar-refractivity contribution in [1.82, 2.24) is 4.90 Å². The molecule has 0 aliphatic heterocycles. The van der Waals surface area contributed by atoms with E-state index < -0.39 is 5.97 Å². The van der Waals surface area contributed by atoms with Gasteiger partial charge in [0.25, 0.3) is 0 Å². The van der Waals surface area contributed by atoms with Gasteiger partial charge >= 0.3 is 5.97 Å². The van der Waals surface area contributed by atoms with E-state index in [0.29, 0.717) is 30.8 Å². The number of carbonyl (C=O) groups is 1. The van der Waals surface area contributed by atoms with Crippen molar-refractivity contribution < 1.29 is 18.7 Å². The Morgan fingerprint density at radius 2 is 1.76 bits per heavy atom. The summed E-state index contributed by atoms with van der Waals surface area (Å²) in [5.41, 5.74) is 4.45. The zero-order valence-corrected chi connectivity index (χ0v) is 18.8. The van der Waals surface area contributed by atoms with Gasteiger partial charge in [0.15, 0.2) is 0 Å². The molecule has 4 aromatic rings. The molecular weight excluding hydrogens is 417 g/mol. The van der Waals surface area contributed by atoms with Gasteiger partial charge in [-0.15, -0.1) is 0 Å². The number of aliphatic carboxylic acids is 1. The van der Waals surface area contributed by atoms with E-state index in [0.717, 1.165) is 29.5 Å². The second-order valence-corrected chi connectivity index (χ2v) is 8.33. The molecule has 1 heterocycles. The summed E-state index contributed by atoms with van der Waals surface area (Å²) in [5.74, 6) is -0.600. The lowest BCUT2D eigenvalue weighted by molar-refractivity contribution is -0.137. The predicted molar refractivity (Wildman–Crippen MR) is 129 cm³/mol. The van der Waals surface area contributed by atoms with E-state index in [4.69, 9.17) is 9.52 Å². The lowest BCUT2D eigenvalue weighted by atomic mass is 10.0. The summed E-state index contributed by atoms with van der Waals surface area (Å²) in [6.45, 7) is 4.04. The van der Waals surface area contributed by atoms with Crippen LogP contribution in [-0.4, -0.2) is 29.1 Å². The normalized spacial score (nSPS) is 11.4. The zero-order chi connectivity index (χ0) is 23.2. The monoisotopic (exact) mass is 445 g/mol. The van der Waals surface area contributed by atoms with Gasteiger partial charge < -0.3 is 9.52 Å². The van der Waals surface area contributed by atoms with E-state index >= 15 is 0 Å². The van der Waals surface area contributed by atoms with E-state index in [-0.39, 0.29) is 12.2 Å². The first-order valence-corrected chi connectivity index (χ1v) is 11.3. The molecule has 5 heteroatoms. The predicted octanol–water partition coefficient (Wildman–Crippen LogP) is 6.52. The SMILES string of the molecule is CCN(CCCC(=O)O)Cc1ccc(-c2cc3cc(Cc4ccccc4)ccc3o2)c(F)c1. The Labute approximate surface area is 193 Å². The van der Waals surface area contributed by atoms with Crippen molar-refractivity contribution in [2.45, 2.75) is 32.7 Å². The van der Waals surface area contributed by atoms with Crippen LogP contribution in [0.3, 0.4) is 0 Å². The molecule has 0 bridgehead atoms. The third kappa shape index (κ3) is 5.88. The molecule has 0 atom stereocenters. The van der Waals surface area contributed by atoms with Crippen LogP contribution in [0.5, 0.6) is 0 Å². The molecule has 0 radical (unpaired) electrons. The molecule has 0 unspecified atom stereocenters. The molecule has 0 spiro atoms. The summed E-state index contributed by atoms with van der Waals surface area (Å²) < 4.78 is 20.9. The highest BCUT2D eigenvalue weighted by Crippen LogP contribution is 2.31. The van der Waals surface area contributed by atoms with Crippen molar-refractivity contribution >= 4 is 16.9 Å². The Kier molecular flexibility index (Phi) is 7.20. The zero-order valence-electron chi connectivity index (χ0n) is 18.8. The van der Waals surface area contributed by atoms with Crippen molar-refractivity contribution in [3.8, 4) is 11.3 Å². The second-order valence-electron chi connectivity index (χ2n) is 8.33. The topological polar surface area (TPSA) is 53.7 Å². The number of carboxylic acids is 1. The van der Waals surface area contributed by atoms with Gasteiger partial charge in [-0.25, -0.2) is 4.39 Å². The lowest BCUT2D eigenvalue weighted by Crippen LogP contribution is -2.24. The van der Waals surface area contributed by atoms with Crippen LogP contribution in [0.2, 0.25) is 0 Å². The van der Waals surface area contributed by atoms with Crippen molar-refractivity contribution in [3.63, 3.8) is 0 Å². The number of carboxylic acid groups (broad SMARTS) is 1. The van der Waals surface area contributed by atoms with Crippen molar-refractivity contribution in [1.29, 1.82) is 0 Å². The molecule has 0 aliphatic carbocycles. The minimum Gasteiger partial charge on any atom is -0.481 e. The standard InChI is InChI=1S/C28H28FNO3/c1-2-30(14-6-9-28(31)32)19-22-10-12-24(25(29)17-22)27-18-23-16-21(11-13-26(23)33-27)15-20-7-4-3-5-8-20/h3-5,7-8,10-13,16-18H,2,6,9,14-15,19H2,1H3,(H,31,32). The van der Waals surface area contributed by atoms with E-state index in [1.165, 1.54) is 11.1 Å². The van der Waals surface area contributed by atoms with Crippen LogP contribution in [0.15, 0.2) is 77.2 Å². The van der Waals surface area contributed by atoms with Crippen molar-refractivity contribution in [2.24, 2.45) is 0 Å². The van der Waals surface area contributed by atoms with Crippen LogP contribution in [0, 0.1) is 5.82 Å². The summed E-state index contributed by atoms with van der Waals surface area (Å²) in [5, 5.41) is 9.78. The minimum absolute atomic E-state index is 0.142. The number of fused-ring (bicyclic) bond motifs is 1. The fourth-order valence-corrected chi connectivity index (χ4v) is 4.08. The first kappa shape index (κ1) is 22.7. The molecule has 1 N–H and O–H groups in total. The molecule has 4 nitrogen and oxygen atoms in total. The summed E-state index contributed by atoms with van der Waals surface area (Å²) in [6.07, 6.45) is 1.55. The third-order valence-corrected chi connectivity index (χ3v) is 5.85. The molecular formula is C28H28FNO3. The number of furan rings is 1. The van der Waals surface area contributed by atoms with Crippen LogP contribution in [0.4, 0.5) is 4.39 Å². The number of nitrogens with zero attached hydrogens (tertiary/aromatic N) is 1. The summed E-state index contributed by atoms with van der Waals surface area (Å²) >= 11 is 0. The molecule has 33 heavy (non-hydrogen) atoms. The molecule has 0 saturated carbocycles. The van der Waals surface area contributed by atoms with Gasteiger partial charge in [0, 0.05) is 18.4 Å². The van der Waals surface area contributed by atoms with E-state index in [9.17, 15) is 9.18 Å². The van der Waals surface area contributed by atoms with Gasteiger partial charge in [-0.05, 0) is 73.0 Å². The smallest absolute Gasteiger partial charge is 0.303 e. The highest BCUT2D eigenvalue weighted by molar-refractivity contribution is 5.83. The van der Waals surface area contributed by atoms with Gasteiger partial charge in [-0.2, -0.15) is 0 Å². The van der Waals surface area contributed by atoms with Gasteiger partial charge in [0.2, 0.25) is 0 Å². The highest BCUT2D eigenvalue weighted by Gasteiger charge is 2.13. The Morgan fingerprint density at radius 1 is 0.970 bits per heavy atom. The van der Waals surface area contributed by atoms with Crippen LogP contribution in [0.25, 0.3) is 22.3 Å². The van der Waals surface area contributed by atoms with Gasteiger partial charge in [-0.1, -0.05) is 49.4 Å². The maximum atomic E-state index is 15.0. The fourth-order valence-electron chi connectivity index (χ4n) is 4.08. The first-order chi connectivity index (χ1) is 16.0. The Bertz CT molecular complexity index is 1230. The summed E-state index contributed by atoms with van der Waals surface area (Å²) in [6, 6.07) is 23.5. The maximum Gasteiger partial charge on any atom is 0.303 e. The molecule has 170 valence electrons. The van der Waals surface area contributed by atoms with Crippen LogP contribution < -0.4 is 0 Å².